The first-order valence-corrected chi connectivity index (χ1v) is 8.50. The molecule has 2 amide bonds. The second-order valence-corrected chi connectivity index (χ2v) is 7.29. The quantitative estimate of drug-likeness (QED) is 0.616. The van der Waals surface area contributed by atoms with Crippen LogP contribution in [0.2, 0.25) is 0 Å². The zero-order valence-electron chi connectivity index (χ0n) is 15.9. The lowest BCUT2D eigenvalue weighted by molar-refractivity contribution is -0.155. The van der Waals surface area contributed by atoms with Crippen LogP contribution in [0.5, 0.6) is 0 Å². The van der Waals surface area contributed by atoms with E-state index < -0.39 is 41.6 Å². The Kier molecular flexibility index (Phi) is 7.55. The van der Waals surface area contributed by atoms with Crippen molar-refractivity contribution in [2.75, 3.05) is 13.7 Å². The number of methoxy groups -OCH3 is 1. The normalized spacial score (nSPS) is 21.1. The molecule has 0 aliphatic carbocycles. The summed E-state index contributed by atoms with van der Waals surface area (Å²) in [6, 6.07) is -1.91. The first kappa shape index (κ1) is 21.9. The molecule has 0 unspecified atom stereocenters. The largest absolute Gasteiger partial charge is 0.467 e. The van der Waals surface area contributed by atoms with Gasteiger partial charge in [-0.05, 0) is 27.2 Å². The van der Waals surface area contributed by atoms with Gasteiger partial charge in [-0.2, -0.15) is 0 Å². The summed E-state index contributed by atoms with van der Waals surface area (Å²) in [7, 11) is 1.18. The van der Waals surface area contributed by atoms with E-state index in [0.717, 1.165) is 0 Å². The van der Waals surface area contributed by atoms with Gasteiger partial charge in [0.1, 0.15) is 17.7 Å². The number of carbonyl (C=O) groups excluding carboxylic acids is 4. The van der Waals surface area contributed by atoms with Gasteiger partial charge in [-0.3, -0.25) is 14.4 Å². The molecule has 0 aromatic heterocycles. The number of aliphatic hydroxyl groups excluding tert-OH is 1. The fraction of sp³-hybridized carbons (Fsp3) is 0.765. The van der Waals surface area contributed by atoms with Gasteiger partial charge in [-0.15, -0.1) is 0 Å². The molecule has 0 bridgehead atoms. The van der Waals surface area contributed by atoms with Crippen molar-refractivity contribution in [2.24, 2.45) is 0 Å². The smallest absolute Gasteiger partial charge is 0.328 e. The Balaban J connectivity index is 2.72. The van der Waals surface area contributed by atoms with Gasteiger partial charge < -0.3 is 24.8 Å². The highest BCUT2D eigenvalue weighted by Gasteiger charge is 2.39. The number of amides is 2. The van der Waals surface area contributed by atoms with Crippen LogP contribution in [0.4, 0.5) is 0 Å². The molecule has 1 heterocycles. The second kappa shape index (κ2) is 8.98. The third-order valence-corrected chi connectivity index (χ3v) is 3.85. The number of β-amino-alcohol motifs (C(OH)–C–C–N with tert-alkyl or cyclic N) is 1. The molecule has 1 aliphatic rings. The Labute approximate surface area is 153 Å². The molecule has 0 saturated carbocycles. The van der Waals surface area contributed by atoms with E-state index >= 15 is 0 Å². The monoisotopic (exact) mass is 372 g/mol. The minimum atomic E-state index is -1.05. The third kappa shape index (κ3) is 6.62. The van der Waals surface area contributed by atoms with Gasteiger partial charge in [0, 0.05) is 26.3 Å². The molecule has 0 aromatic rings. The van der Waals surface area contributed by atoms with Gasteiger partial charge in [0.2, 0.25) is 11.8 Å². The number of hydrogen-bond acceptors (Lipinski definition) is 7. The first-order valence-electron chi connectivity index (χ1n) is 8.50. The highest BCUT2D eigenvalue weighted by molar-refractivity contribution is 5.91. The third-order valence-electron chi connectivity index (χ3n) is 3.85. The van der Waals surface area contributed by atoms with Crippen molar-refractivity contribution in [1.82, 2.24) is 10.2 Å². The van der Waals surface area contributed by atoms with Crippen LogP contribution in [0.1, 0.15) is 47.0 Å². The molecular weight excluding hydrogens is 344 g/mol. The van der Waals surface area contributed by atoms with E-state index in [2.05, 4.69) is 10.1 Å². The summed E-state index contributed by atoms with van der Waals surface area (Å²) in [6.07, 6.45) is -0.789. The number of nitrogens with zero attached hydrogens (tertiary/aromatic N) is 1. The summed E-state index contributed by atoms with van der Waals surface area (Å²) < 4.78 is 9.85. The van der Waals surface area contributed by atoms with Crippen LogP contribution < -0.4 is 5.32 Å². The maximum Gasteiger partial charge on any atom is 0.328 e. The number of ether oxygens (including phenoxy) is 2. The van der Waals surface area contributed by atoms with Crippen molar-refractivity contribution in [3.63, 3.8) is 0 Å². The Bertz CT molecular complexity index is 556. The number of hydrogen-bond donors (Lipinski definition) is 2. The number of aliphatic hydroxyl groups is 1. The van der Waals surface area contributed by atoms with Crippen molar-refractivity contribution in [3.05, 3.63) is 0 Å². The molecule has 148 valence electrons. The Hall–Kier alpha value is -2.16. The average molecular weight is 372 g/mol. The fourth-order valence-electron chi connectivity index (χ4n) is 2.72. The number of esters is 2. The van der Waals surface area contributed by atoms with Crippen LogP contribution in [0.15, 0.2) is 0 Å². The molecule has 0 spiro atoms. The van der Waals surface area contributed by atoms with Crippen molar-refractivity contribution >= 4 is 23.8 Å². The second-order valence-electron chi connectivity index (χ2n) is 7.29. The van der Waals surface area contributed by atoms with E-state index in [1.807, 2.05) is 0 Å². The summed E-state index contributed by atoms with van der Waals surface area (Å²) >= 11 is 0. The van der Waals surface area contributed by atoms with Crippen LogP contribution >= 0.6 is 0 Å². The molecule has 2 N–H and O–H groups in total. The Morgan fingerprint density at radius 1 is 1.27 bits per heavy atom. The SMILES string of the molecule is COC(=O)[C@H](CCC(=O)OC(C)(C)C)NC(=O)[C@@H]1C[C@@H](O)CN1C(C)=O. The van der Waals surface area contributed by atoms with Gasteiger partial charge in [-0.25, -0.2) is 4.79 Å². The summed E-state index contributed by atoms with van der Waals surface area (Å²) in [6.45, 7) is 6.55. The first-order chi connectivity index (χ1) is 11.9. The van der Waals surface area contributed by atoms with Gasteiger partial charge in [0.15, 0.2) is 0 Å². The Morgan fingerprint density at radius 2 is 1.88 bits per heavy atom. The zero-order valence-corrected chi connectivity index (χ0v) is 15.9. The maximum atomic E-state index is 12.5. The number of likely N-dealkylation sites (tertiary alicyclic amines) is 1. The molecule has 1 aliphatic heterocycles. The summed E-state index contributed by atoms with van der Waals surface area (Å²) in [5, 5.41) is 12.2. The minimum Gasteiger partial charge on any atom is -0.467 e. The van der Waals surface area contributed by atoms with Crippen LogP contribution in [-0.2, 0) is 28.7 Å². The van der Waals surface area contributed by atoms with E-state index in [1.54, 1.807) is 20.8 Å². The van der Waals surface area contributed by atoms with E-state index in [4.69, 9.17) is 4.74 Å². The maximum absolute atomic E-state index is 12.5. The van der Waals surface area contributed by atoms with E-state index in [-0.39, 0.29) is 31.7 Å². The van der Waals surface area contributed by atoms with Crippen LogP contribution in [0.3, 0.4) is 0 Å². The van der Waals surface area contributed by atoms with Gasteiger partial charge in [0.05, 0.1) is 13.2 Å². The molecule has 9 nitrogen and oxygen atoms in total. The topological polar surface area (TPSA) is 122 Å². The number of nitrogens with one attached hydrogen (secondary N) is 1. The van der Waals surface area contributed by atoms with E-state index in [0.29, 0.717) is 0 Å². The molecular formula is C17H28N2O7. The van der Waals surface area contributed by atoms with E-state index in [1.165, 1.54) is 18.9 Å². The van der Waals surface area contributed by atoms with Crippen LogP contribution in [0, 0.1) is 0 Å². The van der Waals surface area contributed by atoms with Crippen molar-refractivity contribution in [3.8, 4) is 0 Å². The predicted molar refractivity (Wildman–Crippen MR) is 90.8 cm³/mol. The lowest BCUT2D eigenvalue weighted by Crippen LogP contribution is -2.50. The summed E-state index contributed by atoms with van der Waals surface area (Å²) in [5.74, 6) is -2.11. The summed E-state index contributed by atoms with van der Waals surface area (Å²) in [5.41, 5.74) is -0.650. The van der Waals surface area contributed by atoms with Gasteiger partial charge in [-0.1, -0.05) is 0 Å². The molecule has 1 saturated heterocycles. The van der Waals surface area contributed by atoms with Crippen LogP contribution in [0.25, 0.3) is 0 Å². The molecule has 3 atom stereocenters. The average Bonchev–Trinajstić information content (AvgIpc) is 2.91. The lowest BCUT2D eigenvalue weighted by Gasteiger charge is -2.25. The van der Waals surface area contributed by atoms with E-state index in [9.17, 15) is 24.3 Å². The highest BCUT2D eigenvalue weighted by Crippen LogP contribution is 2.19. The highest BCUT2D eigenvalue weighted by atomic mass is 16.6. The predicted octanol–water partition coefficient (Wildman–Crippen LogP) is -0.252. The van der Waals surface area contributed by atoms with Crippen LogP contribution in [-0.4, -0.2) is 71.2 Å². The fourth-order valence-corrected chi connectivity index (χ4v) is 2.72. The van der Waals surface area contributed by atoms with Gasteiger partial charge in [0.25, 0.3) is 0 Å². The zero-order chi connectivity index (χ0) is 20.1. The van der Waals surface area contributed by atoms with Crippen molar-refractivity contribution in [1.29, 1.82) is 0 Å². The molecule has 0 aromatic carbocycles. The van der Waals surface area contributed by atoms with Crippen molar-refractivity contribution in [2.45, 2.75) is 70.7 Å². The number of carbonyl (C=O) groups is 4. The molecule has 1 fully saturated rings. The van der Waals surface area contributed by atoms with Gasteiger partial charge >= 0.3 is 11.9 Å². The lowest BCUT2D eigenvalue weighted by atomic mass is 10.1. The molecule has 0 radical (unpaired) electrons. The number of rotatable bonds is 6. The molecule has 26 heavy (non-hydrogen) atoms. The summed E-state index contributed by atoms with van der Waals surface area (Å²) in [4.78, 5) is 49.1. The standard InChI is InChI=1S/C17H28N2O7/c1-10(20)19-9-11(21)8-13(19)15(23)18-12(16(24)25-5)6-7-14(22)26-17(2,3)4/h11-13,21H,6-9H2,1-5H3,(H,18,23)/t11-,12+,13+/m1/s1. The Morgan fingerprint density at radius 3 is 2.38 bits per heavy atom. The van der Waals surface area contributed by atoms with Crippen molar-refractivity contribution < 1.29 is 33.8 Å². The molecule has 1 rings (SSSR count). The molecule has 9 heteroatoms. The minimum absolute atomic E-state index is 0.00265.